The van der Waals surface area contributed by atoms with E-state index in [0.29, 0.717) is 18.6 Å². The number of ether oxygens (including phenoxy) is 2. The molecule has 2 aromatic rings. The summed E-state index contributed by atoms with van der Waals surface area (Å²) in [6, 6.07) is 6.18. The number of hydrogen-bond donors (Lipinski definition) is 1. The Kier molecular flexibility index (Phi) is 4.52. The Hall–Kier alpha value is -2.08. The zero-order valence-electron chi connectivity index (χ0n) is 14.0. The third-order valence-corrected chi connectivity index (χ3v) is 4.39. The molecule has 0 aliphatic heterocycles. The first-order valence-corrected chi connectivity index (χ1v) is 8.07. The predicted molar refractivity (Wildman–Crippen MR) is 87.7 cm³/mol. The largest absolute Gasteiger partial charge is 0.493 e. The van der Waals surface area contributed by atoms with Crippen LogP contribution in [0.4, 0.5) is 0 Å². The average molecular weight is 316 g/mol. The Bertz CT molecular complexity index is 677. The fraction of sp³-hybridized carbons (Fsp3) is 0.529. The number of nitrogens with zero attached hydrogens (tertiary/aromatic N) is 3. The van der Waals surface area contributed by atoms with Gasteiger partial charge in [0.2, 0.25) is 0 Å². The summed E-state index contributed by atoms with van der Waals surface area (Å²) in [6.07, 6.45) is 1.98. The van der Waals surface area contributed by atoms with Crippen LogP contribution >= 0.6 is 0 Å². The molecule has 0 saturated heterocycles. The van der Waals surface area contributed by atoms with Crippen LogP contribution in [0.25, 0.3) is 0 Å². The standard InChI is InChI=1S/C17H24N4O2/c1-4-21-16(19-20-17(21)12-8-13(18)9-12)10-23-15-7-11(2)5-6-14(15)22-3/h5-7,12-13H,4,8-10,18H2,1-3H3. The molecule has 1 aromatic heterocycles. The minimum absolute atomic E-state index is 0.304. The SMILES string of the molecule is CCn1c(COc2cc(C)ccc2OC)nnc1C1CC(N)C1. The van der Waals surface area contributed by atoms with Crippen molar-refractivity contribution in [1.29, 1.82) is 0 Å². The predicted octanol–water partition coefficient (Wildman–Crippen LogP) is 2.40. The van der Waals surface area contributed by atoms with E-state index >= 15 is 0 Å². The van der Waals surface area contributed by atoms with Gasteiger partial charge in [-0.25, -0.2) is 0 Å². The maximum Gasteiger partial charge on any atom is 0.171 e. The van der Waals surface area contributed by atoms with Crippen molar-refractivity contribution in [3.8, 4) is 11.5 Å². The number of rotatable bonds is 6. The van der Waals surface area contributed by atoms with Crippen LogP contribution in [0, 0.1) is 6.92 Å². The quantitative estimate of drug-likeness (QED) is 0.885. The monoisotopic (exact) mass is 316 g/mol. The molecule has 3 rings (SSSR count). The van der Waals surface area contributed by atoms with Crippen LogP contribution in [0.5, 0.6) is 11.5 Å². The van der Waals surface area contributed by atoms with Gasteiger partial charge in [0.25, 0.3) is 0 Å². The molecular weight excluding hydrogens is 292 g/mol. The lowest BCUT2D eigenvalue weighted by atomic mass is 9.80. The number of aryl methyl sites for hydroxylation is 1. The molecule has 0 bridgehead atoms. The summed E-state index contributed by atoms with van der Waals surface area (Å²) < 4.78 is 13.4. The van der Waals surface area contributed by atoms with E-state index in [-0.39, 0.29) is 0 Å². The molecule has 1 aliphatic rings. The molecule has 6 heteroatoms. The summed E-state index contributed by atoms with van der Waals surface area (Å²) in [6.45, 7) is 5.33. The zero-order chi connectivity index (χ0) is 16.4. The number of nitrogens with two attached hydrogens (primary N) is 1. The molecule has 0 unspecified atom stereocenters. The van der Waals surface area contributed by atoms with E-state index in [4.69, 9.17) is 15.2 Å². The van der Waals surface area contributed by atoms with Crippen LogP contribution in [0.2, 0.25) is 0 Å². The topological polar surface area (TPSA) is 75.2 Å². The highest BCUT2D eigenvalue weighted by molar-refractivity contribution is 5.42. The normalized spacial score (nSPS) is 20.2. The molecule has 6 nitrogen and oxygen atoms in total. The van der Waals surface area contributed by atoms with Crippen LogP contribution in [0.1, 0.15) is 42.9 Å². The Morgan fingerprint density at radius 3 is 2.70 bits per heavy atom. The van der Waals surface area contributed by atoms with Gasteiger partial charge < -0.3 is 19.8 Å². The fourth-order valence-corrected chi connectivity index (χ4v) is 3.01. The smallest absolute Gasteiger partial charge is 0.171 e. The minimum Gasteiger partial charge on any atom is -0.493 e. The highest BCUT2D eigenvalue weighted by Gasteiger charge is 2.32. The highest BCUT2D eigenvalue weighted by Crippen LogP contribution is 2.35. The average Bonchev–Trinajstić information content (AvgIpc) is 2.92. The maximum atomic E-state index is 5.93. The Morgan fingerprint density at radius 2 is 2.04 bits per heavy atom. The number of methoxy groups -OCH3 is 1. The van der Waals surface area contributed by atoms with Gasteiger partial charge in [-0.05, 0) is 44.4 Å². The van der Waals surface area contributed by atoms with Crippen molar-refractivity contribution in [2.75, 3.05) is 7.11 Å². The molecule has 0 spiro atoms. The van der Waals surface area contributed by atoms with E-state index in [0.717, 1.165) is 48.1 Å². The van der Waals surface area contributed by atoms with Crippen molar-refractivity contribution < 1.29 is 9.47 Å². The van der Waals surface area contributed by atoms with Crippen molar-refractivity contribution in [2.24, 2.45) is 5.73 Å². The summed E-state index contributed by atoms with van der Waals surface area (Å²) in [7, 11) is 1.64. The van der Waals surface area contributed by atoms with Crippen molar-refractivity contribution in [3.05, 3.63) is 35.4 Å². The van der Waals surface area contributed by atoms with Crippen molar-refractivity contribution in [2.45, 2.75) is 51.8 Å². The first-order valence-electron chi connectivity index (χ1n) is 8.07. The van der Waals surface area contributed by atoms with Gasteiger partial charge in [-0.2, -0.15) is 0 Å². The third-order valence-electron chi connectivity index (χ3n) is 4.39. The van der Waals surface area contributed by atoms with E-state index in [1.54, 1.807) is 7.11 Å². The Morgan fingerprint density at radius 1 is 1.26 bits per heavy atom. The van der Waals surface area contributed by atoms with E-state index in [1.165, 1.54) is 0 Å². The summed E-state index contributed by atoms with van der Waals surface area (Å²) in [5, 5.41) is 8.68. The lowest BCUT2D eigenvalue weighted by molar-refractivity contribution is 0.269. The van der Waals surface area contributed by atoms with Gasteiger partial charge in [-0.3, -0.25) is 0 Å². The summed E-state index contributed by atoms with van der Waals surface area (Å²) >= 11 is 0. The van der Waals surface area contributed by atoms with Gasteiger partial charge in [0.15, 0.2) is 17.3 Å². The molecule has 2 N–H and O–H groups in total. The minimum atomic E-state index is 0.304. The molecule has 1 saturated carbocycles. The van der Waals surface area contributed by atoms with Crippen LogP contribution in [-0.2, 0) is 13.2 Å². The summed E-state index contributed by atoms with van der Waals surface area (Å²) in [5.74, 6) is 3.75. The van der Waals surface area contributed by atoms with Crippen LogP contribution < -0.4 is 15.2 Å². The molecular formula is C17H24N4O2. The lowest BCUT2D eigenvalue weighted by Crippen LogP contribution is -2.36. The number of benzene rings is 1. The Balaban J connectivity index is 1.75. The molecule has 0 amide bonds. The number of aromatic nitrogens is 3. The summed E-state index contributed by atoms with van der Waals surface area (Å²) in [5.41, 5.74) is 7.02. The van der Waals surface area contributed by atoms with Crippen LogP contribution in [0.15, 0.2) is 18.2 Å². The maximum absolute atomic E-state index is 5.93. The molecule has 1 aromatic carbocycles. The Labute approximate surface area is 136 Å². The molecule has 1 fully saturated rings. The van der Waals surface area contributed by atoms with Gasteiger partial charge in [-0.15, -0.1) is 10.2 Å². The first kappa shape index (κ1) is 15.8. The molecule has 23 heavy (non-hydrogen) atoms. The van der Waals surface area contributed by atoms with Gasteiger partial charge >= 0.3 is 0 Å². The van der Waals surface area contributed by atoms with Gasteiger partial charge in [0.1, 0.15) is 12.4 Å². The number of hydrogen-bond acceptors (Lipinski definition) is 5. The van der Waals surface area contributed by atoms with E-state index in [9.17, 15) is 0 Å². The fourth-order valence-electron chi connectivity index (χ4n) is 3.01. The molecule has 1 aliphatic carbocycles. The molecule has 0 atom stereocenters. The second kappa shape index (κ2) is 6.58. The van der Waals surface area contributed by atoms with Gasteiger partial charge in [0, 0.05) is 18.5 Å². The molecule has 124 valence electrons. The van der Waals surface area contributed by atoms with Gasteiger partial charge in [-0.1, -0.05) is 6.07 Å². The van der Waals surface area contributed by atoms with E-state index < -0.39 is 0 Å². The highest BCUT2D eigenvalue weighted by atomic mass is 16.5. The van der Waals surface area contributed by atoms with Crippen molar-refractivity contribution in [1.82, 2.24) is 14.8 Å². The molecule has 0 radical (unpaired) electrons. The van der Waals surface area contributed by atoms with E-state index in [2.05, 4.69) is 21.7 Å². The zero-order valence-corrected chi connectivity index (χ0v) is 14.0. The summed E-state index contributed by atoms with van der Waals surface area (Å²) in [4.78, 5) is 0. The van der Waals surface area contributed by atoms with E-state index in [1.807, 2.05) is 25.1 Å². The first-order chi connectivity index (χ1) is 11.1. The third kappa shape index (κ3) is 3.17. The van der Waals surface area contributed by atoms with Crippen LogP contribution in [0.3, 0.4) is 0 Å². The molecule has 1 heterocycles. The van der Waals surface area contributed by atoms with Crippen molar-refractivity contribution in [3.63, 3.8) is 0 Å². The second-order valence-electron chi connectivity index (χ2n) is 6.09. The second-order valence-corrected chi connectivity index (χ2v) is 6.09. The lowest BCUT2D eigenvalue weighted by Gasteiger charge is -2.31. The van der Waals surface area contributed by atoms with Crippen LogP contribution in [-0.4, -0.2) is 27.9 Å². The van der Waals surface area contributed by atoms with Gasteiger partial charge in [0.05, 0.1) is 7.11 Å². The van der Waals surface area contributed by atoms with Crippen molar-refractivity contribution >= 4 is 0 Å².